The summed E-state index contributed by atoms with van der Waals surface area (Å²) in [4.78, 5) is 30.0. The molecular formula is C29H40FN3O4. The lowest BCUT2D eigenvalue weighted by atomic mass is 10.0. The van der Waals surface area contributed by atoms with Gasteiger partial charge in [0.25, 0.3) is 0 Å². The zero-order chi connectivity index (χ0) is 27.4. The average molecular weight is 514 g/mol. The molecule has 0 saturated carbocycles. The molecule has 202 valence electrons. The molecular weight excluding hydrogens is 473 g/mol. The van der Waals surface area contributed by atoms with Crippen LogP contribution in [0.3, 0.4) is 0 Å². The minimum Gasteiger partial charge on any atom is -0.458 e. The summed E-state index contributed by atoms with van der Waals surface area (Å²) in [7, 11) is 0. The van der Waals surface area contributed by atoms with E-state index >= 15 is 0 Å². The topological polar surface area (TPSA) is 71.1 Å². The third-order valence-electron chi connectivity index (χ3n) is 5.91. The molecule has 0 spiro atoms. The van der Waals surface area contributed by atoms with Crippen LogP contribution in [-0.4, -0.2) is 66.4 Å². The van der Waals surface area contributed by atoms with Gasteiger partial charge < -0.3 is 24.6 Å². The Balaban J connectivity index is 1.61. The zero-order valence-electron chi connectivity index (χ0n) is 23.0. The van der Waals surface area contributed by atoms with Crippen molar-refractivity contribution >= 4 is 17.7 Å². The Morgan fingerprint density at radius 3 is 2.05 bits per heavy atom. The van der Waals surface area contributed by atoms with Crippen LogP contribution in [0.2, 0.25) is 0 Å². The second-order valence-electron chi connectivity index (χ2n) is 11.4. The van der Waals surface area contributed by atoms with E-state index in [9.17, 15) is 14.0 Å². The molecule has 0 unspecified atom stereocenters. The van der Waals surface area contributed by atoms with Crippen LogP contribution in [0.25, 0.3) is 11.1 Å². The molecule has 1 N–H and O–H groups in total. The standard InChI is InChI=1S/C29H40FN3O4/c1-20(36-28(2,3)4)25(26(34)37-29(5,6)7)31-27(35)33-17-15-32(16-18-33)24-13-11-21(12-14-24)22-9-8-10-23(30)19-22/h8-14,19-20,25H,15-18H2,1-7H3,(H,31,35)/t20-,25+/m1/s1. The van der Waals surface area contributed by atoms with Gasteiger partial charge in [0, 0.05) is 31.9 Å². The third kappa shape index (κ3) is 8.45. The van der Waals surface area contributed by atoms with Gasteiger partial charge in [0.2, 0.25) is 0 Å². The van der Waals surface area contributed by atoms with Crippen molar-refractivity contribution in [1.82, 2.24) is 10.2 Å². The smallest absolute Gasteiger partial charge is 0.331 e. The highest BCUT2D eigenvalue weighted by Gasteiger charge is 2.35. The summed E-state index contributed by atoms with van der Waals surface area (Å²) >= 11 is 0. The van der Waals surface area contributed by atoms with Gasteiger partial charge in [-0.25, -0.2) is 14.0 Å². The Kier molecular flexibility index (Phi) is 8.84. The van der Waals surface area contributed by atoms with Crippen LogP contribution in [-0.2, 0) is 14.3 Å². The summed E-state index contributed by atoms with van der Waals surface area (Å²) in [6, 6.07) is 13.3. The lowest BCUT2D eigenvalue weighted by Gasteiger charge is -2.38. The first-order valence-electron chi connectivity index (χ1n) is 12.8. The Bertz CT molecular complexity index is 1070. The van der Waals surface area contributed by atoms with Crippen molar-refractivity contribution in [2.24, 2.45) is 0 Å². The molecule has 2 atom stereocenters. The predicted octanol–water partition coefficient (Wildman–Crippen LogP) is 5.24. The molecule has 1 saturated heterocycles. The summed E-state index contributed by atoms with van der Waals surface area (Å²) in [5.41, 5.74) is 1.65. The number of urea groups is 1. The van der Waals surface area contributed by atoms with E-state index < -0.39 is 29.3 Å². The van der Waals surface area contributed by atoms with Crippen LogP contribution in [0, 0.1) is 5.82 Å². The highest BCUT2D eigenvalue weighted by atomic mass is 19.1. The maximum absolute atomic E-state index is 13.6. The fraction of sp³-hybridized carbons (Fsp3) is 0.517. The van der Waals surface area contributed by atoms with E-state index in [1.54, 1.807) is 38.7 Å². The van der Waals surface area contributed by atoms with Crippen LogP contribution < -0.4 is 10.2 Å². The molecule has 2 amide bonds. The van der Waals surface area contributed by atoms with Gasteiger partial charge in [-0.1, -0.05) is 24.3 Å². The SMILES string of the molecule is C[C@@H](OC(C)(C)C)[C@H](NC(=O)N1CCN(c2ccc(-c3cccc(F)c3)cc2)CC1)C(=O)OC(C)(C)C. The molecule has 1 aliphatic heterocycles. The molecule has 2 aromatic carbocycles. The second kappa shape index (κ2) is 11.5. The van der Waals surface area contributed by atoms with Crippen molar-refractivity contribution < 1.29 is 23.5 Å². The monoisotopic (exact) mass is 513 g/mol. The highest BCUT2D eigenvalue weighted by molar-refractivity contribution is 5.84. The van der Waals surface area contributed by atoms with Gasteiger partial charge in [-0.3, -0.25) is 0 Å². The average Bonchev–Trinajstić information content (AvgIpc) is 2.80. The number of rotatable bonds is 6. The van der Waals surface area contributed by atoms with Crippen LogP contribution in [0.5, 0.6) is 0 Å². The van der Waals surface area contributed by atoms with E-state index in [-0.39, 0.29) is 11.8 Å². The molecule has 8 heteroatoms. The molecule has 2 aromatic rings. The molecule has 1 heterocycles. The number of halogens is 1. The molecule has 0 aliphatic carbocycles. The van der Waals surface area contributed by atoms with Crippen LogP contribution in [0.1, 0.15) is 48.5 Å². The summed E-state index contributed by atoms with van der Waals surface area (Å²) in [5.74, 6) is -0.779. The number of ether oxygens (including phenoxy) is 2. The normalized spacial score (nSPS) is 16.2. The fourth-order valence-corrected chi connectivity index (χ4v) is 4.28. The Hall–Kier alpha value is -3.13. The number of carbonyl (C=O) groups is 2. The highest BCUT2D eigenvalue weighted by Crippen LogP contribution is 2.25. The lowest BCUT2D eigenvalue weighted by Crippen LogP contribution is -2.58. The molecule has 7 nitrogen and oxygen atoms in total. The number of hydrogen-bond donors (Lipinski definition) is 1. The third-order valence-corrected chi connectivity index (χ3v) is 5.91. The number of esters is 1. The van der Waals surface area contributed by atoms with Crippen LogP contribution >= 0.6 is 0 Å². The van der Waals surface area contributed by atoms with Crippen molar-refractivity contribution in [1.29, 1.82) is 0 Å². The largest absolute Gasteiger partial charge is 0.458 e. The summed E-state index contributed by atoms with van der Waals surface area (Å²) in [5, 5.41) is 2.85. The molecule has 0 radical (unpaired) electrons. The molecule has 1 fully saturated rings. The number of amides is 2. The first-order chi connectivity index (χ1) is 17.2. The lowest BCUT2D eigenvalue weighted by molar-refractivity contribution is -0.164. The minimum atomic E-state index is -0.931. The summed E-state index contributed by atoms with van der Waals surface area (Å²) < 4.78 is 25.1. The van der Waals surface area contributed by atoms with Gasteiger partial charge >= 0.3 is 12.0 Å². The van der Waals surface area contributed by atoms with Crippen LogP contribution in [0.15, 0.2) is 48.5 Å². The van der Waals surface area contributed by atoms with Gasteiger partial charge in [0.1, 0.15) is 11.4 Å². The van der Waals surface area contributed by atoms with Crippen molar-refractivity contribution in [2.75, 3.05) is 31.1 Å². The molecule has 37 heavy (non-hydrogen) atoms. The van der Waals surface area contributed by atoms with Crippen molar-refractivity contribution in [2.45, 2.75) is 71.8 Å². The number of hydrogen-bond acceptors (Lipinski definition) is 5. The molecule has 0 bridgehead atoms. The quantitative estimate of drug-likeness (QED) is 0.535. The van der Waals surface area contributed by atoms with Gasteiger partial charge in [0.15, 0.2) is 6.04 Å². The van der Waals surface area contributed by atoms with E-state index in [0.29, 0.717) is 26.2 Å². The van der Waals surface area contributed by atoms with Gasteiger partial charge in [-0.2, -0.15) is 0 Å². The predicted molar refractivity (Wildman–Crippen MR) is 144 cm³/mol. The number of anilines is 1. The zero-order valence-corrected chi connectivity index (χ0v) is 23.0. The number of nitrogens with one attached hydrogen (secondary N) is 1. The van der Waals surface area contributed by atoms with E-state index in [2.05, 4.69) is 10.2 Å². The van der Waals surface area contributed by atoms with E-state index in [1.807, 2.05) is 51.1 Å². The van der Waals surface area contributed by atoms with Crippen molar-refractivity contribution in [3.63, 3.8) is 0 Å². The maximum atomic E-state index is 13.6. The number of carbonyl (C=O) groups excluding carboxylic acids is 2. The Morgan fingerprint density at radius 2 is 1.51 bits per heavy atom. The molecule has 0 aromatic heterocycles. The number of nitrogens with zero attached hydrogens (tertiary/aromatic N) is 2. The molecule has 1 aliphatic rings. The van der Waals surface area contributed by atoms with Gasteiger partial charge in [-0.05, 0) is 83.9 Å². The first-order valence-corrected chi connectivity index (χ1v) is 12.8. The fourth-order valence-electron chi connectivity index (χ4n) is 4.28. The second-order valence-corrected chi connectivity index (χ2v) is 11.4. The van der Waals surface area contributed by atoms with Crippen molar-refractivity contribution in [3.8, 4) is 11.1 Å². The van der Waals surface area contributed by atoms with Crippen LogP contribution in [0.4, 0.5) is 14.9 Å². The van der Waals surface area contributed by atoms with Crippen molar-refractivity contribution in [3.05, 3.63) is 54.3 Å². The summed E-state index contributed by atoms with van der Waals surface area (Å²) in [6.07, 6.45) is -0.573. The summed E-state index contributed by atoms with van der Waals surface area (Å²) in [6.45, 7) is 15.2. The number of piperazine rings is 1. The van der Waals surface area contributed by atoms with E-state index in [1.165, 1.54) is 12.1 Å². The van der Waals surface area contributed by atoms with Gasteiger partial charge in [-0.15, -0.1) is 0 Å². The first kappa shape index (κ1) is 28.4. The Morgan fingerprint density at radius 1 is 0.892 bits per heavy atom. The Labute approximate surface area is 219 Å². The maximum Gasteiger partial charge on any atom is 0.331 e. The number of benzene rings is 2. The minimum absolute atomic E-state index is 0.260. The van der Waals surface area contributed by atoms with E-state index in [4.69, 9.17) is 9.47 Å². The molecule has 3 rings (SSSR count). The van der Waals surface area contributed by atoms with Gasteiger partial charge in [0.05, 0.1) is 11.7 Å². The van der Waals surface area contributed by atoms with E-state index in [0.717, 1.165) is 16.8 Å².